The summed E-state index contributed by atoms with van der Waals surface area (Å²) in [5.74, 6) is -9.80. The summed E-state index contributed by atoms with van der Waals surface area (Å²) in [6, 6.07) is 0. The SMILES string of the molecule is CC(C)(CCNc1c(F)c(F)c(F)c(F)c1F)O[SiH3]. The molecule has 8 heteroatoms. The van der Waals surface area contributed by atoms with Crippen molar-refractivity contribution in [1.82, 2.24) is 0 Å². The van der Waals surface area contributed by atoms with Gasteiger partial charge in [-0.15, -0.1) is 0 Å². The molecule has 0 radical (unpaired) electrons. The average molecular weight is 299 g/mol. The summed E-state index contributed by atoms with van der Waals surface area (Å²) in [4.78, 5) is 0. The van der Waals surface area contributed by atoms with E-state index in [1.165, 1.54) is 0 Å². The molecule has 0 aromatic heterocycles. The van der Waals surface area contributed by atoms with Crippen LogP contribution >= 0.6 is 0 Å². The monoisotopic (exact) mass is 299 g/mol. The molecule has 0 aliphatic carbocycles. The van der Waals surface area contributed by atoms with Crippen molar-refractivity contribution in [1.29, 1.82) is 0 Å². The van der Waals surface area contributed by atoms with Gasteiger partial charge in [-0.05, 0) is 20.3 Å². The Bertz CT molecular complexity index is 452. The van der Waals surface area contributed by atoms with E-state index >= 15 is 0 Å². The molecule has 0 amide bonds. The van der Waals surface area contributed by atoms with Gasteiger partial charge in [0.1, 0.15) is 16.2 Å². The molecule has 2 nitrogen and oxygen atoms in total. The highest BCUT2D eigenvalue weighted by Gasteiger charge is 2.26. The van der Waals surface area contributed by atoms with Gasteiger partial charge in [0.15, 0.2) is 23.3 Å². The summed E-state index contributed by atoms with van der Waals surface area (Å²) in [5.41, 5.74) is -1.52. The number of anilines is 1. The van der Waals surface area contributed by atoms with Crippen molar-refractivity contribution >= 4 is 16.2 Å². The molecule has 108 valence electrons. The third kappa shape index (κ3) is 3.44. The van der Waals surface area contributed by atoms with Crippen LogP contribution in [0.15, 0.2) is 0 Å². The van der Waals surface area contributed by atoms with E-state index in [0.29, 0.717) is 16.9 Å². The van der Waals surface area contributed by atoms with Crippen molar-refractivity contribution in [2.24, 2.45) is 0 Å². The second kappa shape index (κ2) is 5.87. The van der Waals surface area contributed by atoms with Gasteiger partial charge in [-0.2, -0.15) is 0 Å². The van der Waals surface area contributed by atoms with E-state index in [1.54, 1.807) is 13.8 Å². The normalized spacial score (nSPS) is 11.9. The second-order valence-corrected chi connectivity index (χ2v) is 4.99. The third-order valence-electron chi connectivity index (χ3n) is 2.79. The Labute approximate surface area is 110 Å². The molecule has 1 rings (SSSR count). The largest absolute Gasteiger partial charge is 0.423 e. The van der Waals surface area contributed by atoms with Crippen molar-refractivity contribution in [3.05, 3.63) is 29.1 Å². The Morgan fingerprint density at radius 2 is 1.37 bits per heavy atom. The molecule has 0 heterocycles. The summed E-state index contributed by atoms with van der Waals surface area (Å²) < 4.78 is 70.4. The molecule has 0 spiro atoms. The van der Waals surface area contributed by atoms with Crippen LogP contribution in [0.2, 0.25) is 0 Å². The first-order chi connectivity index (χ1) is 8.71. The van der Waals surface area contributed by atoms with Gasteiger partial charge in [0.2, 0.25) is 5.82 Å². The topological polar surface area (TPSA) is 21.3 Å². The maximum absolute atomic E-state index is 13.3. The van der Waals surface area contributed by atoms with Gasteiger partial charge in [-0.3, -0.25) is 0 Å². The van der Waals surface area contributed by atoms with E-state index in [-0.39, 0.29) is 6.54 Å². The smallest absolute Gasteiger partial charge is 0.200 e. The Balaban J connectivity index is 2.91. The van der Waals surface area contributed by atoms with Crippen molar-refractivity contribution < 1.29 is 26.4 Å². The molecule has 0 aliphatic heterocycles. The number of hydrogen-bond acceptors (Lipinski definition) is 2. The Hall–Kier alpha value is -1.15. The van der Waals surface area contributed by atoms with Gasteiger partial charge >= 0.3 is 0 Å². The van der Waals surface area contributed by atoms with Gasteiger partial charge < -0.3 is 9.74 Å². The lowest BCUT2D eigenvalue weighted by Gasteiger charge is -2.24. The highest BCUT2D eigenvalue weighted by atomic mass is 28.2. The third-order valence-corrected chi connectivity index (χ3v) is 3.90. The maximum Gasteiger partial charge on any atom is 0.200 e. The highest BCUT2D eigenvalue weighted by Crippen LogP contribution is 2.27. The molecule has 1 aromatic rings. The fourth-order valence-electron chi connectivity index (χ4n) is 1.35. The summed E-state index contributed by atoms with van der Waals surface area (Å²) in [7, 11) is 0.481. The van der Waals surface area contributed by atoms with Crippen LogP contribution in [0.1, 0.15) is 20.3 Å². The molecule has 1 N–H and O–H groups in total. The zero-order valence-corrected chi connectivity index (χ0v) is 12.7. The first-order valence-electron chi connectivity index (χ1n) is 5.51. The lowest BCUT2D eigenvalue weighted by Crippen LogP contribution is -2.27. The number of hydrogen-bond donors (Lipinski definition) is 1. The predicted octanol–water partition coefficient (Wildman–Crippen LogP) is 2.26. The van der Waals surface area contributed by atoms with Crippen LogP contribution in [0.25, 0.3) is 0 Å². The van der Waals surface area contributed by atoms with Crippen LogP contribution < -0.4 is 5.32 Å². The molecule has 19 heavy (non-hydrogen) atoms. The van der Waals surface area contributed by atoms with Crippen LogP contribution in [0.5, 0.6) is 0 Å². The molecule has 1 aromatic carbocycles. The zero-order chi connectivity index (χ0) is 14.8. The van der Waals surface area contributed by atoms with E-state index in [2.05, 4.69) is 5.32 Å². The van der Waals surface area contributed by atoms with E-state index in [0.717, 1.165) is 0 Å². The summed E-state index contributed by atoms with van der Waals surface area (Å²) >= 11 is 0. The summed E-state index contributed by atoms with van der Waals surface area (Å²) in [5, 5.41) is 2.22. The second-order valence-electron chi connectivity index (χ2n) is 4.59. The molecule has 0 aliphatic rings. The maximum atomic E-state index is 13.3. The zero-order valence-electron chi connectivity index (χ0n) is 10.7. The number of nitrogens with one attached hydrogen (secondary N) is 1. The van der Waals surface area contributed by atoms with Crippen molar-refractivity contribution in [3.63, 3.8) is 0 Å². The van der Waals surface area contributed by atoms with Gasteiger partial charge in [-0.25, -0.2) is 22.0 Å². The molecule has 0 unspecified atom stereocenters. The molecule has 0 fully saturated rings. The lowest BCUT2D eigenvalue weighted by molar-refractivity contribution is 0.117. The first kappa shape index (κ1) is 15.9. The van der Waals surface area contributed by atoms with Gasteiger partial charge in [0, 0.05) is 6.54 Å². The summed E-state index contributed by atoms with van der Waals surface area (Å²) in [6.07, 6.45) is 0.357. The van der Waals surface area contributed by atoms with E-state index in [1.807, 2.05) is 0 Å². The van der Waals surface area contributed by atoms with Crippen LogP contribution in [0.4, 0.5) is 27.6 Å². The molecule has 0 bridgehead atoms. The number of rotatable bonds is 5. The molecular formula is C11H14F5NOSi. The van der Waals surface area contributed by atoms with Crippen molar-refractivity contribution in [2.45, 2.75) is 25.9 Å². The predicted molar refractivity (Wildman–Crippen MR) is 64.4 cm³/mol. The molecule has 0 saturated heterocycles. The quantitative estimate of drug-likeness (QED) is 0.390. The first-order valence-corrected chi connectivity index (χ1v) is 6.33. The minimum Gasteiger partial charge on any atom is -0.423 e. The van der Waals surface area contributed by atoms with E-state index in [9.17, 15) is 22.0 Å². The molecule has 0 atom stereocenters. The average Bonchev–Trinajstić information content (AvgIpc) is 2.38. The van der Waals surface area contributed by atoms with Crippen LogP contribution in [-0.4, -0.2) is 22.6 Å². The molecular weight excluding hydrogens is 285 g/mol. The number of benzene rings is 1. The fourth-order valence-corrected chi connectivity index (χ4v) is 1.55. The molecule has 0 saturated carbocycles. The van der Waals surface area contributed by atoms with Gasteiger partial charge in [-0.1, -0.05) is 0 Å². The lowest BCUT2D eigenvalue weighted by atomic mass is 10.1. The van der Waals surface area contributed by atoms with Crippen molar-refractivity contribution in [3.8, 4) is 0 Å². The van der Waals surface area contributed by atoms with E-state index in [4.69, 9.17) is 4.43 Å². The Morgan fingerprint density at radius 3 is 1.79 bits per heavy atom. The fraction of sp³-hybridized carbons (Fsp3) is 0.455. The Kier molecular flexibility index (Phi) is 4.91. The van der Waals surface area contributed by atoms with Crippen LogP contribution in [-0.2, 0) is 4.43 Å². The summed E-state index contributed by atoms with van der Waals surface area (Å²) in [6.45, 7) is 3.55. The van der Waals surface area contributed by atoms with Gasteiger partial charge in [0.05, 0.1) is 5.60 Å². The van der Waals surface area contributed by atoms with Gasteiger partial charge in [0.25, 0.3) is 0 Å². The Morgan fingerprint density at radius 1 is 0.947 bits per heavy atom. The highest BCUT2D eigenvalue weighted by molar-refractivity contribution is 5.98. The minimum absolute atomic E-state index is 0.0214. The van der Waals surface area contributed by atoms with Crippen LogP contribution in [0, 0.1) is 29.1 Å². The van der Waals surface area contributed by atoms with Crippen LogP contribution in [0.3, 0.4) is 0 Å². The standard InChI is InChI=1S/C11H14F5NOSi/c1-11(2,18-19)3-4-17-10-8(15)6(13)5(12)7(14)9(10)16/h17H,3-4H2,1-2,19H3. The number of halogens is 5. The van der Waals surface area contributed by atoms with E-state index < -0.39 is 40.4 Å². The minimum atomic E-state index is -2.16. The van der Waals surface area contributed by atoms with Crippen molar-refractivity contribution in [2.75, 3.05) is 11.9 Å².